The van der Waals surface area contributed by atoms with Crippen LogP contribution in [0.2, 0.25) is 0 Å². The van der Waals surface area contributed by atoms with Gasteiger partial charge in [0.1, 0.15) is 0 Å². The van der Waals surface area contributed by atoms with Gasteiger partial charge in [-0.05, 0) is 86.4 Å². The van der Waals surface area contributed by atoms with Gasteiger partial charge in [0.15, 0.2) is 0 Å². The fourth-order valence-corrected chi connectivity index (χ4v) is 6.31. The highest BCUT2D eigenvalue weighted by molar-refractivity contribution is 5.40. The first-order valence-electron chi connectivity index (χ1n) is 9.47. The fraction of sp³-hybridized carbons (Fsp3) is 0.900. The highest BCUT2D eigenvalue weighted by Crippen LogP contribution is 2.63. The Balaban J connectivity index is 1.52. The van der Waals surface area contributed by atoms with Gasteiger partial charge in [-0.15, -0.1) is 0 Å². The third-order valence-corrected chi connectivity index (χ3v) is 8.11. The Morgan fingerprint density at radius 2 is 1.95 bits per heavy atom. The molecular formula is C20H33N. The van der Waals surface area contributed by atoms with Crippen molar-refractivity contribution in [3.05, 3.63) is 11.1 Å². The molecule has 0 aromatic rings. The van der Waals surface area contributed by atoms with Crippen molar-refractivity contribution >= 4 is 0 Å². The second-order valence-corrected chi connectivity index (χ2v) is 9.02. The van der Waals surface area contributed by atoms with Crippen LogP contribution in [0.1, 0.15) is 59.8 Å². The summed E-state index contributed by atoms with van der Waals surface area (Å²) in [5.74, 6) is 7.66. The molecule has 9 atom stereocenters. The Kier molecular flexibility index (Phi) is 3.30. The van der Waals surface area contributed by atoms with Gasteiger partial charge in [-0.3, -0.25) is 0 Å². The number of fused-ring (bicyclic) bond motifs is 2. The van der Waals surface area contributed by atoms with Crippen molar-refractivity contribution in [3.63, 3.8) is 0 Å². The Labute approximate surface area is 130 Å². The largest absolute Gasteiger partial charge is 0.328 e. The lowest BCUT2D eigenvalue weighted by molar-refractivity contribution is -0.0672. The van der Waals surface area contributed by atoms with Crippen LogP contribution in [0.15, 0.2) is 11.1 Å². The summed E-state index contributed by atoms with van der Waals surface area (Å²) in [5.41, 5.74) is 9.95. The average Bonchev–Trinajstić information content (AvgIpc) is 2.38. The summed E-state index contributed by atoms with van der Waals surface area (Å²) >= 11 is 0. The number of nitrogens with two attached hydrogens (primary N) is 1. The van der Waals surface area contributed by atoms with Crippen LogP contribution < -0.4 is 5.73 Å². The molecule has 4 aliphatic rings. The van der Waals surface area contributed by atoms with Gasteiger partial charge in [0.2, 0.25) is 0 Å². The van der Waals surface area contributed by atoms with E-state index < -0.39 is 0 Å². The van der Waals surface area contributed by atoms with Gasteiger partial charge in [-0.1, -0.05) is 31.9 Å². The molecule has 4 aliphatic carbocycles. The predicted octanol–water partition coefficient (Wildman–Crippen LogP) is 4.62. The molecule has 118 valence electrons. The second-order valence-electron chi connectivity index (χ2n) is 9.02. The second kappa shape index (κ2) is 4.85. The Bertz CT molecular complexity index is 462. The SMILES string of the molecule is CC(N)CC(C1=C2C(C)[C@@H](C)C2C1)C(C)C1CC2CCC21. The topological polar surface area (TPSA) is 26.0 Å². The standard InChI is InChI=1S/C20H33N/c1-10(21)7-16(13(4)17-8-14-5-6-15(14)17)19-9-18-11(2)12(3)20(18)19/h10-18H,5-9,21H2,1-4H3/t10?,11-,12?,13?,14?,15?,16?,17?,18?/m1/s1. The maximum atomic E-state index is 6.22. The van der Waals surface area contributed by atoms with Crippen molar-refractivity contribution in [2.45, 2.75) is 65.8 Å². The van der Waals surface area contributed by atoms with Crippen LogP contribution in [0.25, 0.3) is 0 Å². The van der Waals surface area contributed by atoms with Gasteiger partial charge in [-0.2, -0.15) is 0 Å². The molecule has 4 rings (SSSR count). The van der Waals surface area contributed by atoms with E-state index in [-0.39, 0.29) is 0 Å². The average molecular weight is 287 g/mol. The van der Waals surface area contributed by atoms with Gasteiger partial charge < -0.3 is 5.73 Å². The number of hydrogen-bond donors (Lipinski definition) is 1. The molecule has 0 amide bonds. The molecule has 0 aromatic heterocycles. The van der Waals surface area contributed by atoms with Crippen molar-refractivity contribution in [1.82, 2.24) is 0 Å². The zero-order chi connectivity index (χ0) is 14.9. The lowest BCUT2D eigenvalue weighted by Crippen LogP contribution is -2.51. The normalized spacial score (nSPS) is 47.9. The number of hydrogen-bond acceptors (Lipinski definition) is 1. The molecule has 0 heterocycles. The molecule has 0 saturated heterocycles. The molecular weight excluding hydrogens is 254 g/mol. The smallest absolute Gasteiger partial charge is 0.00162 e. The molecule has 0 aromatic carbocycles. The molecule has 0 aliphatic heterocycles. The zero-order valence-electron chi connectivity index (χ0n) is 14.3. The minimum Gasteiger partial charge on any atom is -0.328 e. The van der Waals surface area contributed by atoms with Crippen molar-refractivity contribution in [1.29, 1.82) is 0 Å². The Hall–Kier alpha value is -0.300. The van der Waals surface area contributed by atoms with Crippen molar-refractivity contribution < 1.29 is 0 Å². The van der Waals surface area contributed by atoms with E-state index in [4.69, 9.17) is 5.73 Å². The summed E-state index contributed by atoms with van der Waals surface area (Å²) in [6, 6.07) is 0.356. The van der Waals surface area contributed by atoms with E-state index in [0.717, 1.165) is 47.3 Å². The highest BCUT2D eigenvalue weighted by Gasteiger charge is 2.54. The number of rotatable bonds is 5. The summed E-state index contributed by atoms with van der Waals surface area (Å²) < 4.78 is 0. The molecule has 1 nitrogen and oxygen atoms in total. The fourth-order valence-electron chi connectivity index (χ4n) is 6.31. The Morgan fingerprint density at radius 3 is 2.43 bits per heavy atom. The van der Waals surface area contributed by atoms with Crippen LogP contribution in [-0.2, 0) is 0 Å². The van der Waals surface area contributed by atoms with Crippen molar-refractivity contribution in [2.75, 3.05) is 0 Å². The summed E-state index contributed by atoms with van der Waals surface area (Å²) in [7, 11) is 0. The van der Waals surface area contributed by atoms with Gasteiger partial charge in [0, 0.05) is 6.04 Å². The molecule has 1 heteroatoms. The monoisotopic (exact) mass is 287 g/mol. The van der Waals surface area contributed by atoms with E-state index in [9.17, 15) is 0 Å². The van der Waals surface area contributed by atoms with Crippen LogP contribution in [0.4, 0.5) is 0 Å². The summed E-state index contributed by atoms with van der Waals surface area (Å²) in [5, 5.41) is 0. The van der Waals surface area contributed by atoms with Crippen LogP contribution >= 0.6 is 0 Å². The van der Waals surface area contributed by atoms with Gasteiger partial charge >= 0.3 is 0 Å². The third-order valence-electron chi connectivity index (χ3n) is 8.11. The predicted molar refractivity (Wildman–Crippen MR) is 88.7 cm³/mol. The molecule has 21 heavy (non-hydrogen) atoms. The van der Waals surface area contributed by atoms with Crippen LogP contribution in [0.3, 0.4) is 0 Å². The maximum Gasteiger partial charge on any atom is 0.00162 e. The molecule has 2 N–H and O–H groups in total. The van der Waals surface area contributed by atoms with Gasteiger partial charge in [0.25, 0.3) is 0 Å². The third kappa shape index (κ3) is 1.92. The molecule has 0 spiro atoms. The minimum atomic E-state index is 0.356. The first kappa shape index (κ1) is 14.3. The van der Waals surface area contributed by atoms with E-state index in [1.165, 1.54) is 32.1 Å². The number of allylic oxidation sites excluding steroid dienone is 2. The van der Waals surface area contributed by atoms with E-state index >= 15 is 0 Å². The van der Waals surface area contributed by atoms with Gasteiger partial charge in [0.05, 0.1) is 0 Å². The summed E-state index contributed by atoms with van der Waals surface area (Å²) in [4.78, 5) is 0. The summed E-state index contributed by atoms with van der Waals surface area (Å²) in [6.45, 7) is 9.67. The van der Waals surface area contributed by atoms with Crippen LogP contribution in [0, 0.1) is 47.3 Å². The molecule has 0 radical (unpaired) electrons. The van der Waals surface area contributed by atoms with Crippen LogP contribution in [-0.4, -0.2) is 6.04 Å². The lowest BCUT2D eigenvalue weighted by atomic mass is 9.45. The van der Waals surface area contributed by atoms with Crippen LogP contribution in [0.5, 0.6) is 0 Å². The molecule has 3 fully saturated rings. The van der Waals surface area contributed by atoms with Crippen molar-refractivity contribution in [3.8, 4) is 0 Å². The van der Waals surface area contributed by atoms with Crippen molar-refractivity contribution in [2.24, 2.45) is 53.1 Å². The van der Waals surface area contributed by atoms with E-state index in [1.807, 2.05) is 11.1 Å². The first-order chi connectivity index (χ1) is 9.99. The van der Waals surface area contributed by atoms with E-state index in [1.54, 1.807) is 0 Å². The molecule has 8 unspecified atom stereocenters. The highest BCUT2D eigenvalue weighted by atomic mass is 14.6. The molecule has 3 saturated carbocycles. The minimum absolute atomic E-state index is 0.356. The Morgan fingerprint density at radius 1 is 1.19 bits per heavy atom. The molecule has 0 bridgehead atoms. The van der Waals surface area contributed by atoms with E-state index in [0.29, 0.717) is 6.04 Å². The maximum absolute atomic E-state index is 6.22. The zero-order valence-corrected chi connectivity index (χ0v) is 14.3. The van der Waals surface area contributed by atoms with Gasteiger partial charge in [-0.25, -0.2) is 0 Å². The summed E-state index contributed by atoms with van der Waals surface area (Å²) in [6.07, 6.45) is 7.20. The van der Waals surface area contributed by atoms with E-state index in [2.05, 4.69) is 27.7 Å². The first-order valence-corrected chi connectivity index (χ1v) is 9.47. The lowest BCUT2D eigenvalue weighted by Gasteiger charge is -2.60. The quantitative estimate of drug-likeness (QED) is 0.733.